The predicted octanol–water partition coefficient (Wildman–Crippen LogP) is 2.98. The highest BCUT2D eigenvalue weighted by Gasteiger charge is 2.06. The molecule has 0 aliphatic carbocycles. The van der Waals surface area contributed by atoms with Gasteiger partial charge in [0, 0.05) is 17.5 Å². The summed E-state index contributed by atoms with van der Waals surface area (Å²) in [5, 5.41) is 6.01. The first kappa shape index (κ1) is 11.2. The van der Waals surface area contributed by atoms with E-state index in [0.29, 0.717) is 5.56 Å². The Bertz CT molecular complexity index is 494. The van der Waals surface area contributed by atoms with Gasteiger partial charge in [-0.25, -0.2) is 9.37 Å². The van der Waals surface area contributed by atoms with Crippen LogP contribution in [0.3, 0.4) is 0 Å². The van der Waals surface area contributed by atoms with Crippen LogP contribution >= 0.6 is 11.3 Å². The number of aryl methyl sites for hydroxylation is 1. The molecule has 1 heterocycles. The van der Waals surface area contributed by atoms with Gasteiger partial charge in [0.05, 0.1) is 5.69 Å². The Morgan fingerprint density at radius 2 is 2.25 bits per heavy atom. The number of nitrogens with one attached hydrogen (secondary N) is 1. The van der Waals surface area contributed by atoms with Gasteiger partial charge in [0.2, 0.25) is 0 Å². The third kappa shape index (κ3) is 2.28. The average molecular weight is 236 g/mol. The summed E-state index contributed by atoms with van der Waals surface area (Å²) in [6.07, 6.45) is 0. The van der Waals surface area contributed by atoms with Crippen LogP contribution in [0.4, 0.5) is 4.39 Å². The molecule has 1 aromatic heterocycles. The average Bonchev–Trinajstić information content (AvgIpc) is 2.71. The molecule has 4 heteroatoms. The molecule has 0 fully saturated rings. The van der Waals surface area contributed by atoms with Crippen LogP contribution in [0.1, 0.15) is 10.6 Å². The Morgan fingerprint density at radius 3 is 2.94 bits per heavy atom. The van der Waals surface area contributed by atoms with Crippen molar-refractivity contribution in [3.05, 3.63) is 40.0 Å². The van der Waals surface area contributed by atoms with E-state index in [9.17, 15) is 4.39 Å². The number of nitrogens with zero attached hydrogens (tertiary/aromatic N) is 1. The highest BCUT2D eigenvalue weighted by Crippen LogP contribution is 2.23. The summed E-state index contributed by atoms with van der Waals surface area (Å²) < 4.78 is 13.4. The molecule has 2 aromatic rings. The van der Waals surface area contributed by atoms with Crippen LogP contribution < -0.4 is 5.32 Å². The zero-order chi connectivity index (χ0) is 11.5. The van der Waals surface area contributed by atoms with Crippen LogP contribution in [0.5, 0.6) is 0 Å². The van der Waals surface area contributed by atoms with Crippen LogP contribution in [0, 0.1) is 12.7 Å². The largest absolute Gasteiger partial charge is 0.314 e. The SMILES string of the molecule is CNCc1nc(-c2ccc(C)c(F)c2)cs1. The maximum atomic E-state index is 13.4. The lowest BCUT2D eigenvalue weighted by atomic mass is 10.1. The molecule has 0 unspecified atom stereocenters. The molecular formula is C12H13FN2S. The van der Waals surface area contributed by atoms with Crippen molar-refractivity contribution in [3.8, 4) is 11.3 Å². The summed E-state index contributed by atoms with van der Waals surface area (Å²) in [6.45, 7) is 2.51. The minimum absolute atomic E-state index is 0.180. The molecule has 0 saturated heterocycles. The molecule has 16 heavy (non-hydrogen) atoms. The normalized spacial score (nSPS) is 10.7. The van der Waals surface area contributed by atoms with Crippen molar-refractivity contribution in [2.24, 2.45) is 0 Å². The lowest BCUT2D eigenvalue weighted by Crippen LogP contribution is -2.04. The number of hydrogen-bond donors (Lipinski definition) is 1. The summed E-state index contributed by atoms with van der Waals surface area (Å²) in [7, 11) is 1.88. The zero-order valence-electron chi connectivity index (χ0n) is 9.25. The fourth-order valence-electron chi connectivity index (χ4n) is 1.43. The van der Waals surface area contributed by atoms with Gasteiger partial charge in [0.25, 0.3) is 0 Å². The van der Waals surface area contributed by atoms with Crippen molar-refractivity contribution in [1.82, 2.24) is 10.3 Å². The topological polar surface area (TPSA) is 24.9 Å². The van der Waals surface area contributed by atoms with Crippen LogP contribution in [0.15, 0.2) is 23.6 Å². The lowest BCUT2D eigenvalue weighted by molar-refractivity contribution is 0.619. The summed E-state index contributed by atoms with van der Waals surface area (Å²) in [4.78, 5) is 4.43. The third-order valence-corrected chi connectivity index (χ3v) is 3.20. The predicted molar refractivity (Wildman–Crippen MR) is 65.0 cm³/mol. The van der Waals surface area contributed by atoms with Crippen molar-refractivity contribution in [1.29, 1.82) is 0 Å². The molecule has 2 nitrogen and oxygen atoms in total. The van der Waals surface area contributed by atoms with E-state index < -0.39 is 0 Å². The first-order valence-corrected chi connectivity index (χ1v) is 5.94. The van der Waals surface area contributed by atoms with E-state index in [2.05, 4.69) is 10.3 Å². The number of rotatable bonds is 3. The van der Waals surface area contributed by atoms with Gasteiger partial charge in [-0.2, -0.15) is 0 Å². The number of thiazole rings is 1. The molecule has 0 atom stereocenters. The smallest absolute Gasteiger partial charge is 0.126 e. The Morgan fingerprint density at radius 1 is 1.44 bits per heavy atom. The molecule has 0 amide bonds. The van der Waals surface area contributed by atoms with Crippen LogP contribution in [0.2, 0.25) is 0 Å². The summed E-state index contributed by atoms with van der Waals surface area (Å²) >= 11 is 1.58. The molecule has 0 bridgehead atoms. The molecule has 0 aliphatic rings. The molecule has 84 valence electrons. The van der Waals surface area contributed by atoms with Gasteiger partial charge in [0.15, 0.2) is 0 Å². The second-order valence-electron chi connectivity index (χ2n) is 3.62. The Balaban J connectivity index is 2.31. The first-order valence-electron chi connectivity index (χ1n) is 5.06. The maximum absolute atomic E-state index is 13.4. The molecule has 1 N–H and O–H groups in total. The Labute approximate surface area is 98.2 Å². The Kier molecular flexibility index (Phi) is 3.31. The van der Waals surface area contributed by atoms with Crippen molar-refractivity contribution in [2.75, 3.05) is 7.05 Å². The Hall–Kier alpha value is -1.26. The van der Waals surface area contributed by atoms with Crippen molar-refractivity contribution >= 4 is 11.3 Å². The van der Waals surface area contributed by atoms with Crippen LogP contribution in [0.25, 0.3) is 11.3 Å². The van der Waals surface area contributed by atoms with Gasteiger partial charge in [-0.3, -0.25) is 0 Å². The van der Waals surface area contributed by atoms with Gasteiger partial charge in [0.1, 0.15) is 10.8 Å². The minimum atomic E-state index is -0.180. The highest BCUT2D eigenvalue weighted by molar-refractivity contribution is 7.09. The summed E-state index contributed by atoms with van der Waals surface area (Å²) in [5.41, 5.74) is 2.34. The first-order chi connectivity index (χ1) is 7.70. The number of aromatic nitrogens is 1. The molecule has 0 spiro atoms. The zero-order valence-corrected chi connectivity index (χ0v) is 10.1. The van der Waals surface area contributed by atoms with E-state index in [0.717, 1.165) is 22.8 Å². The maximum Gasteiger partial charge on any atom is 0.126 e. The minimum Gasteiger partial charge on any atom is -0.314 e. The van der Waals surface area contributed by atoms with Gasteiger partial charge in [-0.15, -0.1) is 11.3 Å². The fraction of sp³-hybridized carbons (Fsp3) is 0.250. The van der Waals surface area contributed by atoms with Gasteiger partial charge in [-0.1, -0.05) is 12.1 Å². The number of halogens is 1. The van der Waals surface area contributed by atoms with Crippen LogP contribution in [-0.2, 0) is 6.54 Å². The lowest BCUT2D eigenvalue weighted by Gasteiger charge is -1.99. The van der Waals surface area contributed by atoms with E-state index in [1.807, 2.05) is 18.5 Å². The van der Waals surface area contributed by atoms with E-state index in [-0.39, 0.29) is 5.82 Å². The molecule has 0 aliphatic heterocycles. The molecule has 0 saturated carbocycles. The fourth-order valence-corrected chi connectivity index (χ4v) is 2.24. The molecular weight excluding hydrogens is 223 g/mol. The van der Waals surface area contributed by atoms with E-state index >= 15 is 0 Å². The molecule has 2 rings (SSSR count). The summed E-state index contributed by atoms with van der Waals surface area (Å²) in [6, 6.07) is 5.21. The molecule has 1 aromatic carbocycles. The second kappa shape index (κ2) is 4.72. The second-order valence-corrected chi connectivity index (χ2v) is 4.56. The third-order valence-electron chi connectivity index (χ3n) is 2.35. The van der Waals surface area contributed by atoms with Crippen molar-refractivity contribution < 1.29 is 4.39 Å². The van der Waals surface area contributed by atoms with Crippen molar-refractivity contribution in [3.63, 3.8) is 0 Å². The highest BCUT2D eigenvalue weighted by atomic mass is 32.1. The quantitative estimate of drug-likeness (QED) is 0.886. The van der Waals surface area contributed by atoms with Gasteiger partial charge < -0.3 is 5.32 Å². The molecule has 0 radical (unpaired) electrons. The monoisotopic (exact) mass is 236 g/mol. The number of benzene rings is 1. The van der Waals surface area contributed by atoms with Gasteiger partial charge >= 0.3 is 0 Å². The standard InChI is InChI=1S/C12H13FN2S/c1-8-3-4-9(5-10(8)13)11-7-16-12(15-11)6-14-2/h3-5,7,14H,6H2,1-2H3. The van der Waals surface area contributed by atoms with Gasteiger partial charge in [-0.05, 0) is 25.6 Å². The number of hydrogen-bond acceptors (Lipinski definition) is 3. The summed E-state index contributed by atoms with van der Waals surface area (Å²) in [5.74, 6) is -0.180. The van der Waals surface area contributed by atoms with E-state index in [4.69, 9.17) is 0 Å². The van der Waals surface area contributed by atoms with E-state index in [1.54, 1.807) is 24.3 Å². The van der Waals surface area contributed by atoms with Crippen LogP contribution in [-0.4, -0.2) is 12.0 Å². The van der Waals surface area contributed by atoms with E-state index in [1.165, 1.54) is 6.07 Å². The van der Waals surface area contributed by atoms with Crippen molar-refractivity contribution in [2.45, 2.75) is 13.5 Å².